The van der Waals surface area contributed by atoms with Crippen molar-refractivity contribution < 1.29 is 14.4 Å². The van der Waals surface area contributed by atoms with Crippen molar-refractivity contribution in [3.05, 3.63) is 59.7 Å². The molecule has 7 heteroatoms. The Bertz CT molecular complexity index is 886. The summed E-state index contributed by atoms with van der Waals surface area (Å²) in [6.45, 7) is 4.64. The van der Waals surface area contributed by atoms with E-state index in [1.807, 2.05) is 31.2 Å². The van der Waals surface area contributed by atoms with Crippen LogP contribution in [0.4, 0.5) is 11.4 Å². The third-order valence-corrected chi connectivity index (χ3v) is 5.43. The normalized spacial score (nSPS) is 14.8. The van der Waals surface area contributed by atoms with Crippen LogP contribution in [0, 0.1) is 12.8 Å². The van der Waals surface area contributed by atoms with Crippen LogP contribution in [0.1, 0.15) is 24.0 Å². The van der Waals surface area contributed by atoms with Gasteiger partial charge in [0, 0.05) is 23.8 Å². The molecule has 0 aliphatic carbocycles. The monoisotopic (exact) mass is 408 g/mol. The second-order valence-electron chi connectivity index (χ2n) is 7.74. The van der Waals surface area contributed by atoms with Crippen LogP contribution in [0.15, 0.2) is 48.5 Å². The number of anilines is 2. The van der Waals surface area contributed by atoms with Crippen LogP contribution in [-0.4, -0.2) is 42.3 Å². The van der Waals surface area contributed by atoms with Gasteiger partial charge in [0.15, 0.2) is 0 Å². The number of primary amides is 1. The Balaban J connectivity index is 1.43. The lowest BCUT2D eigenvalue weighted by molar-refractivity contribution is -0.132. The van der Waals surface area contributed by atoms with Crippen molar-refractivity contribution in [2.45, 2.75) is 26.2 Å². The Kier molecular flexibility index (Phi) is 7.19. The van der Waals surface area contributed by atoms with E-state index in [1.165, 1.54) is 0 Å². The first-order valence-corrected chi connectivity index (χ1v) is 10.2. The van der Waals surface area contributed by atoms with Crippen LogP contribution >= 0.6 is 0 Å². The molecule has 1 aliphatic rings. The predicted octanol–water partition coefficient (Wildman–Crippen LogP) is 2.31. The number of carbonyl (C=O) groups excluding carboxylic acids is 3. The summed E-state index contributed by atoms with van der Waals surface area (Å²) < 4.78 is 0. The maximum atomic E-state index is 12.1. The summed E-state index contributed by atoms with van der Waals surface area (Å²) in [5.74, 6) is -1.60. The lowest BCUT2D eigenvalue weighted by atomic mass is 9.96. The molecule has 158 valence electrons. The number of nitrogens with zero attached hydrogens (tertiary/aromatic N) is 1. The van der Waals surface area contributed by atoms with Gasteiger partial charge in [-0.3, -0.25) is 14.4 Å². The van der Waals surface area contributed by atoms with Crippen LogP contribution < -0.4 is 16.4 Å². The molecule has 0 saturated carbocycles. The number of nitrogens with one attached hydrogen (secondary N) is 2. The smallest absolute Gasteiger partial charge is 0.314 e. The highest BCUT2D eigenvalue weighted by atomic mass is 16.2. The summed E-state index contributed by atoms with van der Waals surface area (Å²) in [5.41, 5.74) is 8.75. The van der Waals surface area contributed by atoms with Crippen molar-refractivity contribution in [3.8, 4) is 0 Å². The molecule has 0 unspecified atom stereocenters. The Morgan fingerprint density at radius 2 is 1.40 bits per heavy atom. The standard InChI is InChI=1S/C23H28N4O3/c1-16-2-6-19(7-3-16)25-22(29)23(30)26-20-8-4-17(5-9-20)10-13-27-14-11-18(12-15-27)21(24)28/h2-9,18H,10-15H2,1H3,(H2,24,28)(H,25,29)(H,26,30). The number of nitrogens with two attached hydrogens (primary N) is 1. The van der Waals surface area contributed by atoms with Crippen molar-refractivity contribution in [2.24, 2.45) is 11.7 Å². The second-order valence-corrected chi connectivity index (χ2v) is 7.74. The highest BCUT2D eigenvalue weighted by Gasteiger charge is 2.22. The molecule has 1 saturated heterocycles. The number of piperidine rings is 1. The van der Waals surface area contributed by atoms with Crippen LogP contribution in [0.5, 0.6) is 0 Å². The lowest BCUT2D eigenvalue weighted by Crippen LogP contribution is -2.39. The van der Waals surface area contributed by atoms with E-state index < -0.39 is 11.8 Å². The largest absolute Gasteiger partial charge is 0.369 e. The molecule has 0 spiro atoms. The third-order valence-electron chi connectivity index (χ3n) is 5.43. The van der Waals surface area contributed by atoms with Crippen molar-refractivity contribution in [1.82, 2.24) is 4.90 Å². The number of hydrogen-bond donors (Lipinski definition) is 3. The minimum Gasteiger partial charge on any atom is -0.369 e. The quantitative estimate of drug-likeness (QED) is 0.638. The number of hydrogen-bond acceptors (Lipinski definition) is 4. The molecule has 7 nitrogen and oxygen atoms in total. The van der Waals surface area contributed by atoms with E-state index in [-0.39, 0.29) is 11.8 Å². The van der Waals surface area contributed by atoms with Gasteiger partial charge in [0.2, 0.25) is 5.91 Å². The molecule has 2 aromatic rings. The molecular weight excluding hydrogens is 380 g/mol. The van der Waals surface area contributed by atoms with Crippen LogP contribution in [0.25, 0.3) is 0 Å². The zero-order chi connectivity index (χ0) is 21.5. The number of likely N-dealkylation sites (tertiary alicyclic amines) is 1. The van der Waals surface area contributed by atoms with E-state index in [9.17, 15) is 14.4 Å². The van der Waals surface area contributed by atoms with Gasteiger partial charge in [0.05, 0.1) is 0 Å². The van der Waals surface area contributed by atoms with Gasteiger partial charge < -0.3 is 21.3 Å². The molecule has 1 fully saturated rings. The van der Waals surface area contributed by atoms with Gasteiger partial charge in [-0.05, 0) is 69.1 Å². The highest BCUT2D eigenvalue weighted by molar-refractivity contribution is 6.43. The topological polar surface area (TPSA) is 105 Å². The van der Waals surface area contributed by atoms with E-state index in [1.54, 1.807) is 24.3 Å². The average molecular weight is 409 g/mol. The maximum absolute atomic E-state index is 12.1. The third kappa shape index (κ3) is 6.15. The molecule has 1 aliphatic heterocycles. The van der Waals surface area contributed by atoms with Gasteiger partial charge in [-0.15, -0.1) is 0 Å². The minimum absolute atomic E-state index is 0.00681. The summed E-state index contributed by atoms with van der Waals surface area (Å²) >= 11 is 0. The van der Waals surface area contributed by atoms with Crippen LogP contribution in [-0.2, 0) is 20.8 Å². The summed E-state index contributed by atoms with van der Waals surface area (Å²) in [5, 5.41) is 5.20. The number of benzene rings is 2. The molecule has 3 rings (SSSR count). The summed E-state index contributed by atoms with van der Waals surface area (Å²) in [6, 6.07) is 14.7. The Morgan fingerprint density at radius 3 is 1.90 bits per heavy atom. The molecule has 30 heavy (non-hydrogen) atoms. The first kappa shape index (κ1) is 21.5. The van der Waals surface area contributed by atoms with Crippen molar-refractivity contribution in [1.29, 1.82) is 0 Å². The second kappa shape index (κ2) is 10.0. The van der Waals surface area contributed by atoms with Crippen LogP contribution in [0.2, 0.25) is 0 Å². The van der Waals surface area contributed by atoms with Gasteiger partial charge in [-0.2, -0.15) is 0 Å². The van der Waals surface area contributed by atoms with Crippen molar-refractivity contribution >= 4 is 29.1 Å². The number of aryl methyl sites for hydroxylation is 1. The summed E-state index contributed by atoms with van der Waals surface area (Å²) in [7, 11) is 0. The Morgan fingerprint density at radius 1 is 0.900 bits per heavy atom. The van der Waals surface area contributed by atoms with Gasteiger partial charge >= 0.3 is 11.8 Å². The molecule has 1 heterocycles. The predicted molar refractivity (Wildman–Crippen MR) is 117 cm³/mol. The van der Waals surface area contributed by atoms with E-state index in [0.29, 0.717) is 11.4 Å². The molecule has 0 aromatic heterocycles. The first-order chi connectivity index (χ1) is 14.4. The average Bonchev–Trinajstić information content (AvgIpc) is 2.75. The molecule has 3 amide bonds. The number of rotatable bonds is 6. The molecule has 2 aromatic carbocycles. The fourth-order valence-electron chi connectivity index (χ4n) is 3.50. The van der Waals surface area contributed by atoms with Crippen LogP contribution in [0.3, 0.4) is 0 Å². The van der Waals surface area contributed by atoms with E-state index in [4.69, 9.17) is 5.73 Å². The SMILES string of the molecule is Cc1ccc(NC(=O)C(=O)Nc2ccc(CCN3CCC(C(N)=O)CC3)cc2)cc1. The van der Waals surface area contributed by atoms with E-state index >= 15 is 0 Å². The fourth-order valence-corrected chi connectivity index (χ4v) is 3.50. The van der Waals surface area contributed by atoms with E-state index in [0.717, 1.165) is 50.0 Å². The van der Waals surface area contributed by atoms with Gasteiger partial charge in [-0.1, -0.05) is 29.8 Å². The minimum atomic E-state index is -0.708. The summed E-state index contributed by atoms with van der Waals surface area (Å²) in [6.07, 6.45) is 2.53. The molecule has 0 bridgehead atoms. The van der Waals surface area contributed by atoms with Gasteiger partial charge in [0.25, 0.3) is 0 Å². The van der Waals surface area contributed by atoms with Crippen molar-refractivity contribution in [3.63, 3.8) is 0 Å². The van der Waals surface area contributed by atoms with Gasteiger partial charge in [0.1, 0.15) is 0 Å². The summed E-state index contributed by atoms with van der Waals surface area (Å²) in [4.78, 5) is 37.7. The van der Waals surface area contributed by atoms with E-state index in [2.05, 4.69) is 15.5 Å². The van der Waals surface area contributed by atoms with Crippen molar-refractivity contribution in [2.75, 3.05) is 30.3 Å². The molecule has 0 atom stereocenters. The molecular formula is C23H28N4O3. The number of amides is 3. The highest BCUT2D eigenvalue weighted by Crippen LogP contribution is 2.17. The fraction of sp³-hybridized carbons (Fsp3) is 0.348. The maximum Gasteiger partial charge on any atom is 0.314 e. The number of carbonyl (C=O) groups is 3. The zero-order valence-electron chi connectivity index (χ0n) is 17.2. The Labute approximate surface area is 176 Å². The molecule has 4 N–H and O–H groups in total. The van der Waals surface area contributed by atoms with Gasteiger partial charge in [-0.25, -0.2) is 0 Å². The lowest BCUT2D eigenvalue weighted by Gasteiger charge is -2.30. The Hall–Kier alpha value is -3.19. The zero-order valence-corrected chi connectivity index (χ0v) is 17.2. The molecule has 0 radical (unpaired) electrons. The first-order valence-electron chi connectivity index (χ1n) is 10.2.